The zero-order valence-electron chi connectivity index (χ0n) is 9.54. The first-order valence-electron chi connectivity index (χ1n) is 5.75. The number of nitrogens with one attached hydrogen (secondary N) is 1. The van der Waals surface area contributed by atoms with Gasteiger partial charge in [-0.3, -0.25) is 11.3 Å². The molecule has 0 radical (unpaired) electrons. The predicted octanol–water partition coefficient (Wildman–Crippen LogP) is 1.44. The molecule has 15 heavy (non-hydrogen) atoms. The summed E-state index contributed by atoms with van der Waals surface area (Å²) in [7, 11) is 1.75. The number of rotatable bonds is 5. The number of hydrogen-bond acceptors (Lipinski definition) is 3. The lowest BCUT2D eigenvalue weighted by atomic mass is 9.82. The predicted molar refractivity (Wildman–Crippen MR) is 61.9 cm³/mol. The van der Waals surface area contributed by atoms with Crippen molar-refractivity contribution in [3.63, 3.8) is 0 Å². The highest BCUT2D eigenvalue weighted by atomic mass is 16.5. The van der Waals surface area contributed by atoms with Crippen molar-refractivity contribution in [2.75, 3.05) is 7.11 Å². The van der Waals surface area contributed by atoms with E-state index in [2.05, 4.69) is 11.3 Å². The molecule has 3 heteroatoms. The van der Waals surface area contributed by atoms with Gasteiger partial charge in [0.05, 0.1) is 12.1 Å². The fourth-order valence-electron chi connectivity index (χ4n) is 2.54. The molecular weight excluding hydrogens is 188 g/mol. The van der Waals surface area contributed by atoms with Gasteiger partial charge in [0.25, 0.3) is 0 Å². The Hall–Kier alpha value is -0.560. The van der Waals surface area contributed by atoms with E-state index in [4.69, 9.17) is 17.0 Å². The molecule has 3 nitrogen and oxygen atoms in total. The normalized spacial score (nSPS) is 21.9. The van der Waals surface area contributed by atoms with Crippen molar-refractivity contribution in [1.29, 1.82) is 0 Å². The van der Waals surface area contributed by atoms with E-state index < -0.39 is 0 Å². The van der Waals surface area contributed by atoms with Gasteiger partial charge in [-0.2, -0.15) is 0 Å². The first kappa shape index (κ1) is 12.5. The highest BCUT2D eigenvalue weighted by molar-refractivity contribution is 4.94. The molecule has 2 atom stereocenters. The summed E-state index contributed by atoms with van der Waals surface area (Å²) in [5, 5.41) is 0. The van der Waals surface area contributed by atoms with Crippen LogP contribution in [0.2, 0.25) is 0 Å². The van der Waals surface area contributed by atoms with Crippen LogP contribution in [0.4, 0.5) is 0 Å². The third-order valence-corrected chi connectivity index (χ3v) is 3.34. The lowest BCUT2D eigenvalue weighted by molar-refractivity contribution is 0.00945. The summed E-state index contributed by atoms with van der Waals surface area (Å²) >= 11 is 0. The van der Waals surface area contributed by atoms with Crippen LogP contribution in [0.3, 0.4) is 0 Å². The summed E-state index contributed by atoms with van der Waals surface area (Å²) in [6, 6.07) is 0.0862. The number of hydrogen-bond donors (Lipinski definition) is 2. The van der Waals surface area contributed by atoms with Crippen molar-refractivity contribution in [2.24, 2.45) is 11.8 Å². The molecule has 1 aliphatic carbocycles. The molecule has 0 bridgehead atoms. The minimum absolute atomic E-state index is 0.0862. The molecule has 0 saturated heterocycles. The summed E-state index contributed by atoms with van der Waals surface area (Å²) < 4.78 is 5.56. The number of methoxy groups -OCH3 is 1. The Bertz CT molecular complexity index is 206. The Kier molecular flexibility index (Phi) is 5.70. The Morgan fingerprint density at radius 2 is 2.13 bits per heavy atom. The minimum Gasteiger partial charge on any atom is -0.379 e. The largest absolute Gasteiger partial charge is 0.379 e. The third kappa shape index (κ3) is 3.49. The third-order valence-electron chi connectivity index (χ3n) is 3.34. The molecule has 0 aliphatic heterocycles. The first-order valence-corrected chi connectivity index (χ1v) is 5.75. The average molecular weight is 210 g/mol. The van der Waals surface area contributed by atoms with Gasteiger partial charge in [0, 0.05) is 13.5 Å². The van der Waals surface area contributed by atoms with Crippen molar-refractivity contribution in [3.05, 3.63) is 0 Å². The standard InChI is InChI=1S/C12H22N2O/c1-3-7-11(14-13)12(15-2)10-8-5-4-6-9-10/h1,10-12,14H,4-9,13H2,2H3. The van der Waals surface area contributed by atoms with Crippen LogP contribution in [0.1, 0.15) is 38.5 Å². The van der Waals surface area contributed by atoms with Crippen molar-refractivity contribution in [2.45, 2.75) is 50.7 Å². The molecule has 1 rings (SSSR count). The van der Waals surface area contributed by atoms with Gasteiger partial charge in [-0.1, -0.05) is 19.3 Å². The van der Waals surface area contributed by atoms with Crippen molar-refractivity contribution in [3.8, 4) is 12.3 Å². The van der Waals surface area contributed by atoms with E-state index >= 15 is 0 Å². The van der Waals surface area contributed by atoms with E-state index in [-0.39, 0.29) is 12.1 Å². The quantitative estimate of drug-likeness (QED) is 0.410. The maximum absolute atomic E-state index is 5.56. The summed E-state index contributed by atoms with van der Waals surface area (Å²) in [4.78, 5) is 0. The SMILES string of the molecule is C#CCC(NN)C(OC)C1CCCCC1. The molecule has 0 spiro atoms. The van der Waals surface area contributed by atoms with Crippen LogP contribution in [0.25, 0.3) is 0 Å². The molecule has 86 valence electrons. The molecule has 1 saturated carbocycles. The van der Waals surface area contributed by atoms with Crippen LogP contribution < -0.4 is 11.3 Å². The number of ether oxygens (including phenoxy) is 1. The van der Waals surface area contributed by atoms with E-state index in [0.717, 1.165) is 0 Å². The molecule has 0 amide bonds. The van der Waals surface area contributed by atoms with Crippen LogP contribution in [0.5, 0.6) is 0 Å². The molecule has 1 aliphatic rings. The second-order valence-electron chi connectivity index (χ2n) is 4.28. The van der Waals surface area contributed by atoms with Gasteiger partial charge in [-0.15, -0.1) is 12.3 Å². The number of terminal acetylenes is 1. The summed E-state index contributed by atoms with van der Waals surface area (Å²) in [5.74, 6) is 8.78. The number of hydrazine groups is 1. The van der Waals surface area contributed by atoms with Crippen LogP contribution in [-0.4, -0.2) is 19.3 Å². The van der Waals surface area contributed by atoms with Gasteiger partial charge in [0.2, 0.25) is 0 Å². The van der Waals surface area contributed by atoms with Gasteiger partial charge < -0.3 is 4.74 Å². The topological polar surface area (TPSA) is 47.3 Å². The molecule has 1 fully saturated rings. The number of nitrogens with two attached hydrogens (primary N) is 1. The van der Waals surface area contributed by atoms with Crippen LogP contribution in [0.15, 0.2) is 0 Å². The van der Waals surface area contributed by atoms with E-state index in [0.29, 0.717) is 12.3 Å². The van der Waals surface area contributed by atoms with Gasteiger partial charge in [-0.25, -0.2) is 0 Å². The highest BCUT2D eigenvalue weighted by Gasteiger charge is 2.29. The Labute approximate surface area is 92.7 Å². The second kappa shape index (κ2) is 6.84. The Morgan fingerprint density at radius 3 is 2.60 bits per heavy atom. The average Bonchev–Trinajstić information content (AvgIpc) is 2.30. The van der Waals surface area contributed by atoms with Gasteiger partial charge in [-0.05, 0) is 18.8 Å². The van der Waals surface area contributed by atoms with E-state index in [1.807, 2.05) is 0 Å². The van der Waals surface area contributed by atoms with Gasteiger partial charge in [0.15, 0.2) is 0 Å². The molecule has 0 heterocycles. The molecule has 0 aromatic carbocycles. The molecule has 2 unspecified atom stereocenters. The molecule has 3 N–H and O–H groups in total. The van der Waals surface area contributed by atoms with E-state index in [9.17, 15) is 0 Å². The maximum Gasteiger partial charge on any atom is 0.0775 e. The molecule has 0 aromatic rings. The smallest absolute Gasteiger partial charge is 0.0775 e. The van der Waals surface area contributed by atoms with Crippen LogP contribution >= 0.6 is 0 Å². The Morgan fingerprint density at radius 1 is 1.47 bits per heavy atom. The lowest BCUT2D eigenvalue weighted by Gasteiger charge is -2.33. The fraction of sp³-hybridized carbons (Fsp3) is 0.833. The van der Waals surface area contributed by atoms with Crippen molar-refractivity contribution < 1.29 is 4.74 Å². The zero-order chi connectivity index (χ0) is 11.1. The summed E-state index contributed by atoms with van der Waals surface area (Å²) in [6.07, 6.45) is 12.5. The van der Waals surface area contributed by atoms with Crippen molar-refractivity contribution in [1.82, 2.24) is 5.43 Å². The van der Waals surface area contributed by atoms with Crippen LogP contribution in [-0.2, 0) is 4.74 Å². The van der Waals surface area contributed by atoms with Gasteiger partial charge in [0.1, 0.15) is 0 Å². The minimum atomic E-state index is 0.0862. The zero-order valence-corrected chi connectivity index (χ0v) is 9.54. The molecular formula is C12H22N2O. The lowest BCUT2D eigenvalue weighted by Crippen LogP contribution is -2.48. The molecule has 0 aromatic heterocycles. The monoisotopic (exact) mass is 210 g/mol. The Balaban J connectivity index is 2.54. The maximum atomic E-state index is 5.56. The van der Waals surface area contributed by atoms with Gasteiger partial charge >= 0.3 is 0 Å². The van der Waals surface area contributed by atoms with E-state index in [1.165, 1.54) is 32.1 Å². The highest BCUT2D eigenvalue weighted by Crippen LogP contribution is 2.29. The fourth-order valence-corrected chi connectivity index (χ4v) is 2.54. The second-order valence-corrected chi connectivity index (χ2v) is 4.28. The van der Waals surface area contributed by atoms with Crippen molar-refractivity contribution >= 4 is 0 Å². The van der Waals surface area contributed by atoms with Crippen LogP contribution in [0, 0.1) is 18.3 Å². The summed E-state index contributed by atoms with van der Waals surface area (Å²) in [5.41, 5.74) is 2.78. The summed E-state index contributed by atoms with van der Waals surface area (Å²) in [6.45, 7) is 0. The first-order chi connectivity index (χ1) is 7.33. The van der Waals surface area contributed by atoms with E-state index in [1.54, 1.807) is 7.11 Å².